The maximum absolute atomic E-state index is 9.75. The number of likely N-dealkylation sites (N-methyl/N-ethyl adjacent to an activating group) is 1. The van der Waals surface area contributed by atoms with Gasteiger partial charge < -0.3 is 14.9 Å². The summed E-state index contributed by atoms with van der Waals surface area (Å²) in [6.45, 7) is 3.73. The summed E-state index contributed by atoms with van der Waals surface area (Å²) in [7, 11) is 2.13. The Labute approximate surface area is 133 Å². The molecular weight excluding hydrogens is 328 g/mol. The molecule has 2 aromatic rings. The predicted molar refractivity (Wildman–Crippen MR) is 91.5 cm³/mol. The molecule has 21 heavy (non-hydrogen) atoms. The number of hydrogen-bond acceptors (Lipinski definition) is 3. The molecule has 3 nitrogen and oxygen atoms in total. The lowest BCUT2D eigenvalue weighted by molar-refractivity contribution is 0.198. The number of hydrogen-bond donors (Lipinski definition) is 1. The van der Waals surface area contributed by atoms with Gasteiger partial charge >= 0.3 is 0 Å². The van der Waals surface area contributed by atoms with Crippen LogP contribution in [0.5, 0.6) is 0 Å². The van der Waals surface area contributed by atoms with Gasteiger partial charge in [-0.05, 0) is 36.8 Å². The highest BCUT2D eigenvalue weighted by Crippen LogP contribution is 2.38. The molecule has 0 fully saturated rings. The number of para-hydroxylation sites is 2. The minimum atomic E-state index is -0.465. The average molecular weight is 347 g/mol. The molecule has 0 amide bonds. The van der Waals surface area contributed by atoms with Crippen molar-refractivity contribution in [3.8, 4) is 0 Å². The molecule has 0 bridgehead atoms. The molecule has 1 heterocycles. The average Bonchev–Trinajstić information content (AvgIpc) is 2.47. The first-order chi connectivity index (χ1) is 10.1. The van der Waals surface area contributed by atoms with Crippen molar-refractivity contribution in [3.63, 3.8) is 0 Å². The molecule has 1 atom stereocenters. The van der Waals surface area contributed by atoms with Gasteiger partial charge in [-0.15, -0.1) is 0 Å². The first-order valence-electron chi connectivity index (χ1n) is 7.13. The highest BCUT2D eigenvalue weighted by atomic mass is 79.9. The Bertz CT molecular complexity index is 657. The van der Waals surface area contributed by atoms with Crippen LogP contribution in [0.2, 0.25) is 0 Å². The first-order valence-corrected chi connectivity index (χ1v) is 7.92. The molecule has 4 heteroatoms. The third-order valence-corrected chi connectivity index (χ3v) is 4.68. The third-order valence-electron chi connectivity index (χ3n) is 3.99. The van der Waals surface area contributed by atoms with Crippen LogP contribution < -0.4 is 9.80 Å². The minimum absolute atomic E-state index is 0.465. The molecule has 0 aromatic heterocycles. The Morgan fingerprint density at radius 1 is 1.10 bits per heavy atom. The van der Waals surface area contributed by atoms with Crippen molar-refractivity contribution < 1.29 is 5.11 Å². The third kappa shape index (κ3) is 2.65. The smallest absolute Gasteiger partial charge is 0.0772 e. The van der Waals surface area contributed by atoms with E-state index >= 15 is 0 Å². The summed E-state index contributed by atoms with van der Waals surface area (Å²) < 4.78 is 0.950. The van der Waals surface area contributed by atoms with E-state index in [0.29, 0.717) is 0 Å². The number of anilines is 3. The lowest BCUT2D eigenvalue weighted by Crippen LogP contribution is -2.36. The number of halogens is 1. The van der Waals surface area contributed by atoms with E-state index in [9.17, 15) is 5.11 Å². The summed E-state index contributed by atoms with van der Waals surface area (Å²) in [5.41, 5.74) is 4.54. The van der Waals surface area contributed by atoms with E-state index in [1.807, 2.05) is 6.07 Å². The number of benzene rings is 2. The number of rotatable bonds is 2. The van der Waals surface area contributed by atoms with E-state index < -0.39 is 6.10 Å². The second-order valence-corrected chi connectivity index (χ2v) is 6.30. The van der Waals surface area contributed by atoms with Crippen LogP contribution in [0.4, 0.5) is 17.1 Å². The molecule has 0 saturated heterocycles. The lowest BCUT2D eigenvalue weighted by Gasteiger charge is -2.37. The second kappa shape index (κ2) is 5.70. The number of aliphatic hydroxyl groups excluding tert-OH is 1. The van der Waals surface area contributed by atoms with Crippen LogP contribution in [0, 0.1) is 0 Å². The molecule has 0 unspecified atom stereocenters. The zero-order chi connectivity index (χ0) is 15.0. The predicted octanol–water partition coefficient (Wildman–Crippen LogP) is 4.09. The molecule has 0 spiro atoms. The van der Waals surface area contributed by atoms with Gasteiger partial charge in [0, 0.05) is 30.3 Å². The summed E-state index contributed by atoms with van der Waals surface area (Å²) in [4.78, 5) is 4.61. The summed E-state index contributed by atoms with van der Waals surface area (Å²) >= 11 is 3.57. The number of nitrogens with zero attached hydrogens (tertiary/aromatic N) is 2. The maximum Gasteiger partial charge on any atom is 0.0772 e. The Kier molecular flexibility index (Phi) is 3.91. The lowest BCUT2D eigenvalue weighted by atomic mass is 10.1. The number of aliphatic hydroxyl groups is 1. The van der Waals surface area contributed by atoms with Crippen molar-refractivity contribution in [2.75, 3.05) is 29.9 Å². The first kappa shape index (κ1) is 14.4. The molecular formula is C17H19BrN2O. The van der Waals surface area contributed by atoms with E-state index in [0.717, 1.165) is 28.8 Å². The summed E-state index contributed by atoms with van der Waals surface area (Å²) in [6.07, 6.45) is -0.465. The highest BCUT2D eigenvalue weighted by molar-refractivity contribution is 9.10. The van der Waals surface area contributed by atoms with Gasteiger partial charge in [-0.1, -0.05) is 34.1 Å². The molecule has 1 N–H and O–H groups in total. The van der Waals surface area contributed by atoms with E-state index in [1.165, 1.54) is 11.4 Å². The van der Waals surface area contributed by atoms with Gasteiger partial charge in [0.25, 0.3) is 0 Å². The monoisotopic (exact) mass is 346 g/mol. The maximum atomic E-state index is 9.75. The van der Waals surface area contributed by atoms with Crippen LogP contribution in [0.15, 0.2) is 46.9 Å². The molecule has 110 valence electrons. The van der Waals surface area contributed by atoms with Crippen LogP contribution in [-0.2, 0) is 0 Å². The fraction of sp³-hybridized carbons (Fsp3) is 0.294. The SMILES string of the molecule is C[C@H](O)c1ccc(N2CCN(C)c3ccccc32)cc1Br. The van der Waals surface area contributed by atoms with Crippen LogP contribution in [0.3, 0.4) is 0 Å². The molecule has 0 saturated carbocycles. The van der Waals surface area contributed by atoms with Crippen LogP contribution in [0.1, 0.15) is 18.6 Å². The Balaban J connectivity index is 2.02. The van der Waals surface area contributed by atoms with Crippen molar-refractivity contribution in [1.82, 2.24) is 0 Å². The second-order valence-electron chi connectivity index (χ2n) is 5.44. The minimum Gasteiger partial charge on any atom is -0.389 e. The van der Waals surface area contributed by atoms with Gasteiger partial charge in [-0.3, -0.25) is 0 Å². The fourth-order valence-corrected chi connectivity index (χ4v) is 3.50. The van der Waals surface area contributed by atoms with E-state index in [-0.39, 0.29) is 0 Å². The van der Waals surface area contributed by atoms with E-state index in [2.05, 4.69) is 69.2 Å². The van der Waals surface area contributed by atoms with Gasteiger partial charge in [-0.25, -0.2) is 0 Å². The summed E-state index contributed by atoms with van der Waals surface area (Å²) in [5, 5.41) is 9.75. The van der Waals surface area contributed by atoms with Gasteiger partial charge in [0.2, 0.25) is 0 Å². The molecule has 0 aliphatic carbocycles. The summed E-state index contributed by atoms with van der Waals surface area (Å²) in [5.74, 6) is 0. The zero-order valence-corrected chi connectivity index (χ0v) is 13.8. The van der Waals surface area contributed by atoms with Gasteiger partial charge in [0.15, 0.2) is 0 Å². The van der Waals surface area contributed by atoms with Crippen molar-refractivity contribution in [2.24, 2.45) is 0 Å². The van der Waals surface area contributed by atoms with Gasteiger partial charge in [0.05, 0.1) is 17.5 Å². The molecule has 1 aliphatic heterocycles. The molecule has 3 rings (SSSR count). The summed E-state index contributed by atoms with van der Waals surface area (Å²) in [6, 6.07) is 14.6. The molecule has 2 aromatic carbocycles. The topological polar surface area (TPSA) is 26.7 Å². The van der Waals surface area contributed by atoms with Gasteiger partial charge in [0.1, 0.15) is 0 Å². The van der Waals surface area contributed by atoms with Crippen molar-refractivity contribution >= 4 is 33.0 Å². The molecule has 1 aliphatic rings. The quantitative estimate of drug-likeness (QED) is 0.886. The van der Waals surface area contributed by atoms with Crippen molar-refractivity contribution in [1.29, 1.82) is 0 Å². The standard InChI is InChI=1S/C17H19BrN2O/c1-12(21)14-8-7-13(11-15(14)18)20-10-9-19(2)16-5-3-4-6-17(16)20/h3-8,11-12,21H,9-10H2,1-2H3/t12-/m0/s1. The van der Waals surface area contributed by atoms with Crippen LogP contribution in [-0.4, -0.2) is 25.2 Å². The van der Waals surface area contributed by atoms with Crippen LogP contribution in [0.25, 0.3) is 0 Å². The zero-order valence-electron chi connectivity index (χ0n) is 12.3. The normalized spacial score (nSPS) is 15.8. The van der Waals surface area contributed by atoms with Crippen molar-refractivity contribution in [2.45, 2.75) is 13.0 Å². The Morgan fingerprint density at radius 3 is 2.48 bits per heavy atom. The Morgan fingerprint density at radius 2 is 1.81 bits per heavy atom. The number of fused-ring (bicyclic) bond motifs is 1. The fourth-order valence-electron chi connectivity index (χ4n) is 2.80. The van der Waals surface area contributed by atoms with Crippen molar-refractivity contribution in [3.05, 3.63) is 52.5 Å². The largest absolute Gasteiger partial charge is 0.389 e. The van der Waals surface area contributed by atoms with Crippen LogP contribution >= 0.6 is 15.9 Å². The molecule has 0 radical (unpaired) electrons. The van der Waals surface area contributed by atoms with E-state index in [4.69, 9.17) is 0 Å². The van der Waals surface area contributed by atoms with E-state index in [1.54, 1.807) is 6.92 Å². The Hall–Kier alpha value is -1.52. The van der Waals surface area contributed by atoms with Gasteiger partial charge in [-0.2, -0.15) is 0 Å². The highest BCUT2D eigenvalue weighted by Gasteiger charge is 2.21.